The molecule has 0 N–H and O–H groups in total. The van der Waals surface area contributed by atoms with Crippen LogP contribution in [0.25, 0.3) is 0 Å². The molecule has 0 rings (SSSR count). The SMILES string of the molecule is CCCCCCCCCCCCS.CCS. The molecule has 0 aromatic carbocycles. The summed E-state index contributed by atoms with van der Waals surface area (Å²) in [5.41, 5.74) is 0. The molecular formula is C14H32S2. The van der Waals surface area contributed by atoms with E-state index in [0.717, 1.165) is 11.5 Å². The lowest BCUT2D eigenvalue weighted by Crippen LogP contribution is -1.81. The van der Waals surface area contributed by atoms with Crippen molar-refractivity contribution in [3.8, 4) is 0 Å². The first kappa shape index (κ1) is 19.0. The van der Waals surface area contributed by atoms with Gasteiger partial charge >= 0.3 is 0 Å². The van der Waals surface area contributed by atoms with Gasteiger partial charge < -0.3 is 0 Å². The summed E-state index contributed by atoms with van der Waals surface area (Å²) in [7, 11) is 0. The average molecular weight is 265 g/mol. The Morgan fingerprint density at radius 3 is 1.19 bits per heavy atom. The lowest BCUT2D eigenvalue weighted by molar-refractivity contribution is 0.563. The lowest BCUT2D eigenvalue weighted by atomic mass is 10.1. The fourth-order valence-electron chi connectivity index (χ4n) is 1.60. The Morgan fingerprint density at radius 1 is 0.562 bits per heavy atom. The molecule has 0 spiro atoms. The molecular weight excluding hydrogens is 232 g/mol. The van der Waals surface area contributed by atoms with E-state index in [-0.39, 0.29) is 0 Å². The van der Waals surface area contributed by atoms with Crippen molar-refractivity contribution in [2.24, 2.45) is 0 Å². The summed E-state index contributed by atoms with van der Waals surface area (Å²) in [5.74, 6) is 2.01. The van der Waals surface area contributed by atoms with E-state index in [1.54, 1.807) is 0 Å². The summed E-state index contributed by atoms with van der Waals surface area (Å²) in [6.45, 7) is 4.26. The van der Waals surface area contributed by atoms with Crippen LogP contribution >= 0.6 is 25.3 Å². The second-order valence-corrected chi connectivity index (χ2v) is 5.30. The fourth-order valence-corrected chi connectivity index (χ4v) is 1.82. The van der Waals surface area contributed by atoms with E-state index in [2.05, 4.69) is 32.2 Å². The van der Waals surface area contributed by atoms with Crippen LogP contribution in [0.5, 0.6) is 0 Å². The third-order valence-corrected chi connectivity index (χ3v) is 2.83. The van der Waals surface area contributed by atoms with Crippen LogP contribution in [-0.4, -0.2) is 11.5 Å². The van der Waals surface area contributed by atoms with Crippen LogP contribution in [0.3, 0.4) is 0 Å². The zero-order chi connectivity index (χ0) is 12.5. The molecule has 0 amide bonds. The van der Waals surface area contributed by atoms with Gasteiger partial charge in [0, 0.05) is 0 Å². The summed E-state index contributed by atoms with van der Waals surface area (Å²) in [4.78, 5) is 0. The summed E-state index contributed by atoms with van der Waals surface area (Å²) >= 11 is 7.99. The van der Waals surface area contributed by atoms with Gasteiger partial charge in [0.15, 0.2) is 0 Å². The zero-order valence-electron chi connectivity index (χ0n) is 11.4. The van der Waals surface area contributed by atoms with Crippen LogP contribution in [0.2, 0.25) is 0 Å². The number of hydrogen-bond donors (Lipinski definition) is 2. The van der Waals surface area contributed by atoms with Crippen molar-refractivity contribution >= 4 is 25.3 Å². The largest absolute Gasteiger partial charge is 0.180 e. The quantitative estimate of drug-likeness (QED) is 0.363. The Kier molecular flexibility index (Phi) is 25.0. The Bertz CT molecular complexity index is 84.7. The maximum atomic E-state index is 4.20. The summed E-state index contributed by atoms with van der Waals surface area (Å²) in [5, 5.41) is 0. The van der Waals surface area contributed by atoms with Crippen molar-refractivity contribution in [1.82, 2.24) is 0 Å². The summed E-state index contributed by atoms with van der Waals surface area (Å²) < 4.78 is 0. The Balaban J connectivity index is 0. The molecule has 0 aliphatic rings. The highest BCUT2D eigenvalue weighted by Crippen LogP contribution is 2.10. The predicted octanol–water partition coefficient (Wildman–Crippen LogP) is 5.77. The molecule has 0 saturated heterocycles. The van der Waals surface area contributed by atoms with E-state index >= 15 is 0 Å². The molecule has 2 heteroatoms. The van der Waals surface area contributed by atoms with Crippen LogP contribution in [0, 0.1) is 0 Å². The molecule has 0 unspecified atom stereocenters. The van der Waals surface area contributed by atoms with E-state index < -0.39 is 0 Å². The zero-order valence-corrected chi connectivity index (χ0v) is 13.2. The molecule has 0 aliphatic carbocycles. The molecule has 100 valence electrons. The smallest absolute Gasteiger partial charge is 0.00979 e. The highest BCUT2D eigenvalue weighted by atomic mass is 32.1. The molecule has 0 aliphatic heterocycles. The molecule has 0 saturated carbocycles. The standard InChI is InChI=1S/C12H26S.C2H6S/c1-2-3-4-5-6-7-8-9-10-11-12-13;1-2-3/h13H,2-12H2,1H3;3H,2H2,1H3. The Hall–Kier alpha value is 0.700. The third-order valence-electron chi connectivity index (χ3n) is 2.51. The topological polar surface area (TPSA) is 0 Å². The van der Waals surface area contributed by atoms with Gasteiger partial charge in [0.2, 0.25) is 0 Å². The van der Waals surface area contributed by atoms with Crippen LogP contribution in [0.15, 0.2) is 0 Å². The van der Waals surface area contributed by atoms with Gasteiger partial charge in [-0.25, -0.2) is 0 Å². The molecule has 0 heterocycles. The van der Waals surface area contributed by atoms with Crippen molar-refractivity contribution in [3.63, 3.8) is 0 Å². The van der Waals surface area contributed by atoms with Crippen LogP contribution in [0.1, 0.15) is 78.1 Å². The minimum atomic E-state index is 0.944. The second kappa shape index (κ2) is 21.0. The maximum Gasteiger partial charge on any atom is -0.00979 e. The minimum absolute atomic E-state index is 0.944. The molecule has 0 aromatic rings. The van der Waals surface area contributed by atoms with Crippen molar-refractivity contribution in [1.29, 1.82) is 0 Å². The van der Waals surface area contributed by atoms with Crippen LogP contribution in [0.4, 0.5) is 0 Å². The van der Waals surface area contributed by atoms with Crippen molar-refractivity contribution in [3.05, 3.63) is 0 Å². The lowest BCUT2D eigenvalue weighted by Gasteiger charge is -2.00. The highest BCUT2D eigenvalue weighted by Gasteiger charge is 1.91. The average Bonchev–Trinajstić information content (AvgIpc) is 2.28. The monoisotopic (exact) mass is 264 g/mol. The number of thiol groups is 2. The van der Waals surface area contributed by atoms with Gasteiger partial charge in [-0.05, 0) is 17.9 Å². The third kappa shape index (κ3) is 24.1. The van der Waals surface area contributed by atoms with E-state index in [1.165, 1.54) is 64.2 Å². The molecule has 16 heavy (non-hydrogen) atoms. The molecule has 0 bridgehead atoms. The van der Waals surface area contributed by atoms with E-state index in [4.69, 9.17) is 0 Å². The molecule has 0 atom stereocenters. The Morgan fingerprint density at radius 2 is 0.875 bits per heavy atom. The minimum Gasteiger partial charge on any atom is -0.180 e. The number of unbranched alkanes of at least 4 members (excludes halogenated alkanes) is 9. The van der Waals surface area contributed by atoms with Gasteiger partial charge in [0.1, 0.15) is 0 Å². The molecule has 0 aromatic heterocycles. The fraction of sp³-hybridized carbons (Fsp3) is 1.00. The molecule has 0 nitrogen and oxygen atoms in total. The first-order valence-corrected chi connectivity index (χ1v) is 8.31. The first-order valence-electron chi connectivity index (χ1n) is 7.05. The normalized spacial score (nSPS) is 9.75. The first-order chi connectivity index (χ1) is 7.83. The van der Waals surface area contributed by atoms with Crippen molar-refractivity contribution < 1.29 is 0 Å². The number of hydrogen-bond acceptors (Lipinski definition) is 2. The van der Waals surface area contributed by atoms with Crippen LogP contribution in [-0.2, 0) is 0 Å². The molecule has 0 fully saturated rings. The maximum absolute atomic E-state index is 4.20. The van der Waals surface area contributed by atoms with E-state index in [9.17, 15) is 0 Å². The molecule has 0 radical (unpaired) electrons. The van der Waals surface area contributed by atoms with Crippen molar-refractivity contribution in [2.75, 3.05) is 11.5 Å². The van der Waals surface area contributed by atoms with Crippen molar-refractivity contribution in [2.45, 2.75) is 78.1 Å². The van der Waals surface area contributed by atoms with Gasteiger partial charge in [-0.15, -0.1) is 0 Å². The predicted molar refractivity (Wildman–Crippen MR) is 85.2 cm³/mol. The highest BCUT2D eigenvalue weighted by molar-refractivity contribution is 7.80. The van der Waals surface area contributed by atoms with E-state index in [1.807, 2.05) is 6.92 Å². The van der Waals surface area contributed by atoms with Gasteiger partial charge in [0.05, 0.1) is 0 Å². The van der Waals surface area contributed by atoms with Crippen LogP contribution < -0.4 is 0 Å². The van der Waals surface area contributed by atoms with Gasteiger partial charge in [-0.1, -0.05) is 71.6 Å². The van der Waals surface area contributed by atoms with Gasteiger partial charge in [-0.3, -0.25) is 0 Å². The Labute approximate surface area is 115 Å². The summed E-state index contributed by atoms with van der Waals surface area (Å²) in [6.07, 6.45) is 14.2. The summed E-state index contributed by atoms with van der Waals surface area (Å²) in [6, 6.07) is 0. The second-order valence-electron chi connectivity index (χ2n) is 4.22. The number of rotatable bonds is 10. The van der Waals surface area contributed by atoms with E-state index in [0.29, 0.717) is 0 Å². The van der Waals surface area contributed by atoms with Gasteiger partial charge in [-0.2, -0.15) is 25.3 Å². The van der Waals surface area contributed by atoms with Gasteiger partial charge in [0.25, 0.3) is 0 Å².